The van der Waals surface area contributed by atoms with E-state index in [1.165, 1.54) is 6.07 Å². The van der Waals surface area contributed by atoms with Crippen molar-refractivity contribution in [2.24, 2.45) is 0 Å². The van der Waals surface area contributed by atoms with E-state index in [1.807, 2.05) is 6.92 Å². The van der Waals surface area contributed by atoms with Crippen molar-refractivity contribution in [1.29, 1.82) is 0 Å². The van der Waals surface area contributed by atoms with Crippen LogP contribution in [0, 0.1) is 0 Å². The zero-order valence-corrected chi connectivity index (χ0v) is 13.5. The molecule has 0 unspecified atom stereocenters. The molecular formula is C17H18N2O3S. The minimum absolute atomic E-state index is 0.117. The predicted molar refractivity (Wildman–Crippen MR) is 94.0 cm³/mol. The number of nitrogens with one attached hydrogen (secondary N) is 2. The fraction of sp³-hybridized carbons (Fsp3) is 0.176. The number of ether oxygens (including phenoxy) is 1. The summed E-state index contributed by atoms with van der Waals surface area (Å²) in [4.78, 5) is 12.1. The minimum atomic E-state index is -0.315. The summed E-state index contributed by atoms with van der Waals surface area (Å²) in [5.74, 6) is 0.528. The lowest BCUT2D eigenvalue weighted by molar-refractivity contribution is 0.0977. The fourth-order valence-corrected chi connectivity index (χ4v) is 2.05. The number of anilines is 1. The summed E-state index contributed by atoms with van der Waals surface area (Å²) in [6, 6.07) is 13.3. The molecule has 1 amide bonds. The standard InChI is InChI=1S/C17H18N2O3S/c1-2-10-22-15-8-6-12(7-9-15)16(21)19-17(23)18-13-4-3-5-14(20)11-13/h3-9,11,20H,2,10H2,1H3,(H2,18,19,21,23). The van der Waals surface area contributed by atoms with Crippen LogP contribution >= 0.6 is 12.2 Å². The van der Waals surface area contributed by atoms with E-state index in [4.69, 9.17) is 17.0 Å². The van der Waals surface area contributed by atoms with E-state index in [2.05, 4.69) is 10.6 Å². The molecule has 0 aliphatic heterocycles. The van der Waals surface area contributed by atoms with Crippen molar-refractivity contribution in [1.82, 2.24) is 5.32 Å². The third-order valence-corrected chi connectivity index (χ3v) is 3.12. The van der Waals surface area contributed by atoms with E-state index in [-0.39, 0.29) is 16.8 Å². The SMILES string of the molecule is CCCOc1ccc(C(=O)NC(=S)Nc2cccc(O)c2)cc1. The molecule has 0 bridgehead atoms. The van der Waals surface area contributed by atoms with Crippen LogP contribution in [0.15, 0.2) is 48.5 Å². The summed E-state index contributed by atoms with van der Waals surface area (Å²) in [5, 5.41) is 15.0. The van der Waals surface area contributed by atoms with Crippen molar-refractivity contribution < 1.29 is 14.6 Å². The molecule has 0 radical (unpaired) electrons. The maximum absolute atomic E-state index is 12.1. The number of thiocarbonyl (C=S) groups is 1. The Labute approximate surface area is 140 Å². The van der Waals surface area contributed by atoms with Crippen LogP contribution in [0.25, 0.3) is 0 Å². The maximum Gasteiger partial charge on any atom is 0.257 e. The molecule has 0 heterocycles. The molecule has 2 rings (SSSR count). The van der Waals surface area contributed by atoms with Gasteiger partial charge in [0.1, 0.15) is 11.5 Å². The molecule has 0 spiro atoms. The molecule has 0 atom stereocenters. The van der Waals surface area contributed by atoms with Crippen LogP contribution in [0.3, 0.4) is 0 Å². The number of carbonyl (C=O) groups excluding carboxylic acids is 1. The zero-order valence-electron chi connectivity index (χ0n) is 12.7. The number of amides is 1. The number of rotatable bonds is 5. The van der Waals surface area contributed by atoms with Gasteiger partial charge >= 0.3 is 0 Å². The molecule has 0 saturated carbocycles. The van der Waals surface area contributed by atoms with E-state index >= 15 is 0 Å². The van der Waals surface area contributed by atoms with Crippen LogP contribution in [0.2, 0.25) is 0 Å². The Hall–Kier alpha value is -2.60. The van der Waals surface area contributed by atoms with Gasteiger partial charge in [-0.1, -0.05) is 13.0 Å². The quantitative estimate of drug-likeness (QED) is 0.734. The Bertz CT molecular complexity index is 686. The highest BCUT2D eigenvalue weighted by Gasteiger charge is 2.08. The topological polar surface area (TPSA) is 70.6 Å². The Balaban J connectivity index is 1.91. The Morgan fingerprint density at radius 1 is 1.22 bits per heavy atom. The third-order valence-electron chi connectivity index (χ3n) is 2.92. The lowest BCUT2D eigenvalue weighted by Gasteiger charge is -2.10. The first-order valence-corrected chi connectivity index (χ1v) is 7.63. The molecule has 2 aromatic rings. The molecule has 120 valence electrons. The van der Waals surface area contributed by atoms with Gasteiger partial charge in [0.05, 0.1) is 6.61 Å². The highest BCUT2D eigenvalue weighted by Crippen LogP contribution is 2.15. The normalized spacial score (nSPS) is 9.96. The molecule has 6 heteroatoms. The average molecular weight is 330 g/mol. The molecule has 23 heavy (non-hydrogen) atoms. The van der Waals surface area contributed by atoms with E-state index in [0.717, 1.165) is 12.2 Å². The molecule has 0 aromatic heterocycles. The van der Waals surface area contributed by atoms with Gasteiger partial charge in [-0.15, -0.1) is 0 Å². The predicted octanol–water partition coefficient (Wildman–Crippen LogP) is 3.31. The van der Waals surface area contributed by atoms with E-state index in [9.17, 15) is 9.90 Å². The Morgan fingerprint density at radius 2 is 1.96 bits per heavy atom. The molecule has 0 fully saturated rings. The van der Waals surface area contributed by atoms with Crippen LogP contribution < -0.4 is 15.4 Å². The van der Waals surface area contributed by atoms with Crippen LogP contribution in [-0.4, -0.2) is 22.7 Å². The summed E-state index contributed by atoms with van der Waals surface area (Å²) >= 11 is 5.09. The summed E-state index contributed by atoms with van der Waals surface area (Å²) in [5.41, 5.74) is 1.08. The van der Waals surface area contributed by atoms with Gasteiger partial charge in [0.15, 0.2) is 5.11 Å². The number of carbonyl (C=O) groups is 1. The summed E-state index contributed by atoms with van der Waals surface area (Å²) in [6.45, 7) is 2.67. The molecule has 3 N–H and O–H groups in total. The van der Waals surface area contributed by atoms with Gasteiger partial charge in [-0.05, 0) is 55.0 Å². The smallest absolute Gasteiger partial charge is 0.257 e. The van der Waals surface area contributed by atoms with Gasteiger partial charge in [-0.25, -0.2) is 0 Å². The van der Waals surface area contributed by atoms with E-state index < -0.39 is 0 Å². The second-order valence-electron chi connectivity index (χ2n) is 4.83. The van der Waals surface area contributed by atoms with Gasteiger partial charge in [0, 0.05) is 17.3 Å². The molecule has 0 aliphatic rings. The second-order valence-corrected chi connectivity index (χ2v) is 5.24. The van der Waals surface area contributed by atoms with Crippen LogP contribution in [0.4, 0.5) is 5.69 Å². The second kappa shape index (κ2) is 8.14. The van der Waals surface area contributed by atoms with Crippen LogP contribution in [0.1, 0.15) is 23.7 Å². The summed E-state index contributed by atoms with van der Waals surface area (Å²) in [6.07, 6.45) is 0.928. The monoisotopic (exact) mass is 330 g/mol. The van der Waals surface area contributed by atoms with Crippen molar-refractivity contribution in [2.75, 3.05) is 11.9 Å². The first-order chi connectivity index (χ1) is 11.1. The molecular weight excluding hydrogens is 312 g/mol. The highest BCUT2D eigenvalue weighted by atomic mass is 32.1. The number of benzene rings is 2. The van der Waals surface area contributed by atoms with Crippen molar-refractivity contribution >= 4 is 28.9 Å². The molecule has 0 aliphatic carbocycles. The van der Waals surface area contributed by atoms with Gasteiger partial charge in [0.2, 0.25) is 0 Å². The summed E-state index contributed by atoms with van der Waals surface area (Å²) in [7, 11) is 0. The lowest BCUT2D eigenvalue weighted by Crippen LogP contribution is -2.34. The van der Waals surface area contributed by atoms with Gasteiger partial charge < -0.3 is 15.2 Å². The lowest BCUT2D eigenvalue weighted by atomic mass is 10.2. The highest BCUT2D eigenvalue weighted by molar-refractivity contribution is 7.80. The van der Waals surface area contributed by atoms with Crippen molar-refractivity contribution in [2.45, 2.75) is 13.3 Å². The number of hydrogen-bond donors (Lipinski definition) is 3. The Kier molecular flexibility index (Phi) is 5.94. The maximum atomic E-state index is 12.1. The molecule has 2 aromatic carbocycles. The largest absolute Gasteiger partial charge is 0.508 e. The number of phenols is 1. The van der Waals surface area contributed by atoms with Crippen molar-refractivity contribution in [3.63, 3.8) is 0 Å². The molecule has 5 nitrogen and oxygen atoms in total. The van der Waals surface area contributed by atoms with Crippen LogP contribution in [0.5, 0.6) is 11.5 Å². The van der Waals surface area contributed by atoms with Gasteiger partial charge in [-0.3, -0.25) is 10.1 Å². The average Bonchev–Trinajstić information content (AvgIpc) is 2.53. The van der Waals surface area contributed by atoms with Crippen molar-refractivity contribution in [3.05, 3.63) is 54.1 Å². The third kappa shape index (κ3) is 5.27. The van der Waals surface area contributed by atoms with Crippen molar-refractivity contribution in [3.8, 4) is 11.5 Å². The summed E-state index contributed by atoms with van der Waals surface area (Å²) < 4.78 is 5.47. The number of aromatic hydroxyl groups is 1. The number of hydrogen-bond acceptors (Lipinski definition) is 4. The first-order valence-electron chi connectivity index (χ1n) is 7.22. The fourth-order valence-electron chi connectivity index (χ4n) is 1.84. The van der Waals surface area contributed by atoms with Crippen LogP contribution in [-0.2, 0) is 0 Å². The van der Waals surface area contributed by atoms with E-state index in [0.29, 0.717) is 17.9 Å². The first kappa shape index (κ1) is 16.8. The number of phenolic OH excluding ortho intramolecular Hbond substituents is 1. The Morgan fingerprint density at radius 3 is 2.61 bits per heavy atom. The van der Waals surface area contributed by atoms with Gasteiger partial charge in [0.25, 0.3) is 5.91 Å². The zero-order chi connectivity index (χ0) is 16.7. The minimum Gasteiger partial charge on any atom is -0.508 e. The molecule has 0 saturated heterocycles. The van der Waals surface area contributed by atoms with E-state index in [1.54, 1.807) is 42.5 Å². The van der Waals surface area contributed by atoms with Gasteiger partial charge in [-0.2, -0.15) is 0 Å².